The number of nitrogens with one attached hydrogen (secondary N) is 2. The number of rotatable bonds is 0. The van der Waals surface area contributed by atoms with Crippen LogP contribution in [0.1, 0.15) is 57.4 Å². The monoisotopic (exact) mass is 210 g/mol. The number of carbonyl (C=O) groups excluding carboxylic acids is 2. The summed E-state index contributed by atoms with van der Waals surface area (Å²) in [5.74, 6) is 0. The summed E-state index contributed by atoms with van der Waals surface area (Å²) < 4.78 is 0. The van der Waals surface area contributed by atoms with Gasteiger partial charge >= 0.3 is 0 Å². The van der Waals surface area contributed by atoms with Crippen LogP contribution < -0.4 is 0 Å². The normalized spacial score (nSPS) is 2.00. The second kappa shape index (κ2) is 2360. The fourth-order valence-electron chi connectivity index (χ4n) is 0. The molecule has 0 aliphatic rings. The summed E-state index contributed by atoms with van der Waals surface area (Å²) in [5.41, 5.74) is 0. The molecule has 4 nitrogen and oxygen atoms in total. The van der Waals surface area contributed by atoms with Crippen molar-refractivity contribution in [2.75, 3.05) is 0 Å². The molecule has 0 aliphatic heterocycles. The van der Waals surface area contributed by atoms with Gasteiger partial charge in [0.05, 0.1) is 0 Å². The third-order valence-corrected chi connectivity index (χ3v) is 0. The average Bonchev–Trinajstić information content (AvgIpc) is 1.99. The maximum atomic E-state index is 8.35. The molecule has 0 saturated carbocycles. The van der Waals surface area contributed by atoms with Gasteiger partial charge in [0.2, 0.25) is 12.2 Å². The van der Waals surface area contributed by atoms with E-state index < -0.39 is 0 Å². The first-order valence-electron chi connectivity index (χ1n) is 2.91. The van der Waals surface area contributed by atoms with E-state index in [2.05, 4.69) is 0 Å². The fraction of sp³-hybridized carbons (Fsp3) is 0.800. The van der Waals surface area contributed by atoms with Gasteiger partial charge in [-0.25, -0.2) is 20.4 Å². The highest BCUT2D eigenvalue weighted by atomic mass is 16.1. The van der Waals surface area contributed by atoms with E-state index in [9.17, 15) is 0 Å². The van der Waals surface area contributed by atoms with Crippen LogP contribution in [0.25, 0.3) is 0 Å². The lowest BCUT2D eigenvalue weighted by Gasteiger charge is -1.07. The van der Waals surface area contributed by atoms with Crippen LogP contribution in [-0.4, -0.2) is 12.2 Å². The topological polar surface area (TPSA) is 81.8 Å². The smallest absolute Gasteiger partial charge is 0.222 e. The molecule has 14 heavy (non-hydrogen) atoms. The number of hydrogen-bond donors (Lipinski definition) is 2. The summed E-state index contributed by atoms with van der Waals surface area (Å²) in [6.07, 6.45) is 1.50. The van der Waals surface area contributed by atoms with E-state index >= 15 is 0 Å². The summed E-state index contributed by atoms with van der Waals surface area (Å²) in [6, 6.07) is 0. The van der Waals surface area contributed by atoms with Gasteiger partial charge in [0.15, 0.2) is 0 Å². The molecule has 0 rings (SSSR count). The lowest BCUT2D eigenvalue weighted by Crippen LogP contribution is -1.16. The predicted octanol–water partition coefficient (Wildman–Crippen LogP) is 4.40. The van der Waals surface area contributed by atoms with Crippen molar-refractivity contribution in [2.45, 2.75) is 57.4 Å². The van der Waals surface area contributed by atoms with Crippen molar-refractivity contribution in [3.8, 4) is 0 Å². The van der Waals surface area contributed by atoms with Crippen molar-refractivity contribution < 1.29 is 9.59 Å². The van der Waals surface area contributed by atoms with Gasteiger partial charge in [-0.15, -0.1) is 0 Å². The second-order valence-corrected chi connectivity index (χ2v) is 0.204. The Hall–Kier alpha value is -1.24. The Kier molecular flexibility index (Phi) is 13100. The van der Waals surface area contributed by atoms with Gasteiger partial charge in [-0.3, -0.25) is 0 Å². The Bertz CT molecular complexity index is 70.1. The second-order valence-electron chi connectivity index (χ2n) is 0.204. The lowest BCUT2D eigenvalue weighted by atomic mass is 11.0. The van der Waals surface area contributed by atoms with Crippen molar-refractivity contribution in [3.63, 3.8) is 0 Å². The zero-order valence-corrected chi connectivity index (χ0v) is 6.82. The van der Waals surface area contributed by atoms with E-state index in [1.54, 1.807) is 0 Å². The quantitative estimate of drug-likeness (QED) is 0.459. The highest BCUT2D eigenvalue weighted by Crippen LogP contribution is 1.15. The molecule has 4 heteroatoms. The maximum Gasteiger partial charge on any atom is 0.231 e. The molecule has 0 heterocycles. The van der Waals surface area contributed by atoms with Gasteiger partial charge in [-0.05, 0) is 0 Å². The van der Waals surface area contributed by atoms with Gasteiger partial charge in [0.25, 0.3) is 0 Å². The maximum absolute atomic E-state index is 8.35. The highest BCUT2D eigenvalue weighted by molar-refractivity contribution is 5.26. The first-order valence-corrected chi connectivity index (χ1v) is 2.91. The summed E-state index contributed by atoms with van der Waals surface area (Å²) >= 11 is 0. The molecule has 2 N–H and O–H groups in total. The van der Waals surface area contributed by atoms with E-state index in [-0.39, 0.29) is 29.7 Å². The summed E-state index contributed by atoms with van der Waals surface area (Å²) in [6.45, 7) is 8.00. The molecule has 0 aromatic rings. The Labute approximate surface area is 90.8 Å². The van der Waals surface area contributed by atoms with E-state index in [1.165, 1.54) is 0 Å². The van der Waals surface area contributed by atoms with Gasteiger partial charge in [0, 0.05) is 0 Å². The zero-order chi connectivity index (χ0) is 9.41. The lowest BCUT2D eigenvalue weighted by molar-refractivity contribution is 0.562. The first kappa shape index (κ1) is 77.9. The molecule has 0 radical (unpaired) electrons. The van der Waals surface area contributed by atoms with Crippen LogP contribution in [0.5, 0.6) is 0 Å². The highest BCUT2D eigenvalue weighted by Gasteiger charge is 1.04. The molecule has 0 atom stereocenters. The minimum absolute atomic E-state index is 0. The summed E-state index contributed by atoms with van der Waals surface area (Å²) in [5, 5.41) is 10.8. The number of isocyanates is 2. The van der Waals surface area contributed by atoms with Crippen molar-refractivity contribution in [2.24, 2.45) is 0 Å². The van der Waals surface area contributed by atoms with E-state index in [0.717, 1.165) is 12.2 Å². The Morgan fingerprint density at radius 2 is 0.643 bits per heavy atom. The molecule has 92 valence electrons. The zero-order valence-electron chi connectivity index (χ0n) is 6.82. The Morgan fingerprint density at radius 1 is 0.643 bits per heavy atom. The number of hydrogen-bond acceptors (Lipinski definition) is 4. The van der Waals surface area contributed by atoms with Gasteiger partial charge in [0.1, 0.15) is 0 Å². The van der Waals surface area contributed by atoms with E-state index in [0.29, 0.717) is 0 Å². The average molecular weight is 210 g/mol. The molecule has 0 aromatic carbocycles. The molecule has 0 saturated heterocycles. The molecule has 0 bridgehead atoms. The molecular formula is C10H30N2O2. The molecular weight excluding hydrogens is 180 g/mol. The minimum atomic E-state index is 0. The van der Waals surface area contributed by atoms with Crippen LogP contribution in [0, 0.1) is 10.8 Å². The van der Waals surface area contributed by atoms with Crippen LogP contribution in [0.3, 0.4) is 0 Å². The Morgan fingerprint density at radius 3 is 0.643 bits per heavy atom. The standard InChI is InChI=1S/2C2H6.2CHNO.4CH4/c2*1-2;2*2-1-3;;;;/h2*1-2H3;2*2H;4*1H4. The van der Waals surface area contributed by atoms with Crippen LogP contribution in [0.15, 0.2) is 0 Å². The van der Waals surface area contributed by atoms with Gasteiger partial charge < -0.3 is 0 Å². The van der Waals surface area contributed by atoms with Gasteiger partial charge in [-0.2, -0.15) is 0 Å². The van der Waals surface area contributed by atoms with Crippen molar-refractivity contribution in [1.82, 2.24) is 0 Å². The van der Waals surface area contributed by atoms with E-state index in [4.69, 9.17) is 20.4 Å². The summed E-state index contributed by atoms with van der Waals surface area (Å²) in [7, 11) is 0. The van der Waals surface area contributed by atoms with Crippen LogP contribution in [0.2, 0.25) is 0 Å². The van der Waals surface area contributed by atoms with Crippen molar-refractivity contribution in [1.29, 1.82) is 10.8 Å². The molecule has 0 aliphatic carbocycles. The van der Waals surface area contributed by atoms with E-state index in [1.807, 2.05) is 27.7 Å². The molecule has 0 amide bonds. The van der Waals surface area contributed by atoms with Gasteiger partial charge in [-0.1, -0.05) is 57.4 Å². The summed E-state index contributed by atoms with van der Waals surface area (Å²) in [4.78, 5) is 16.7. The van der Waals surface area contributed by atoms with Crippen LogP contribution in [-0.2, 0) is 9.59 Å². The molecule has 0 unspecified atom stereocenters. The Balaban J connectivity index is -0.00000000530. The third kappa shape index (κ3) is 667. The largest absolute Gasteiger partial charge is 0.231 e. The first-order chi connectivity index (χ1) is 4.83. The van der Waals surface area contributed by atoms with Crippen molar-refractivity contribution in [3.05, 3.63) is 0 Å². The van der Waals surface area contributed by atoms with Crippen LogP contribution >= 0.6 is 0 Å². The minimum Gasteiger partial charge on any atom is -0.222 e. The molecule has 0 fully saturated rings. The SMILES string of the molecule is C.C.C.C.CC.CC.N=C=O.N=C=O. The fourth-order valence-corrected chi connectivity index (χ4v) is 0. The molecule has 0 spiro atoms. The third-order valence-electron chi connectivity index (χ3n) is 0. The van der Waals surface area contributed by atoms with Crippen molar-refractivity contribution >= 4 is 12.2 Å². The molecule has 0 aromatic heterocycles. The predicted molar refractivity (Wildman–Crippen MR) is 66.4 cm³/mol. The van der Waals surface area contributed by atoms with Crippen LogP contribution in [0.4, 0.5) is 0 Å².